The SMILES string of the molecule is Cc1ccc(C(=O)NCc2ccccc2)c(OCC(=O)O)c1. The Morgan fingerprint density at radius 1 is 1.14 bits per heavy atom. The number of nitrogens with one attached hydrogen (secondary N) is 1. The fourth-order valence-electron chi connectivity index (χ4n) is 1.95. The van der Waals surface area contributed by atoms with Crippen molar-refractivity contribution in [1.29, 1.82) is 0 Å². The van der Waals surface area contributed by atoms with Crippen molar-refractivity contribution in [3.05, 3.63) is 65.2 Å². The maximum absolute atomic E-state index is 12.3. The summed E-state index contributed by atoms with van der Waals surface area (Å²) in [5.41, 5.74) is 2.19. The van der Waals surface area contributed by atoms with Crippen molar-refractivity contribution in [2.75, 3.05) is 6.61 Å². The van der Waals surface area contributed by atoms with Crippen molar-refractivity contribution >= 4 is 11.9 Å². The maximum Gasteiger partial charge on any atom is 0.341 e. The van der Waals surface area contributed by atoms with Crippen LogP contribution >= 0.6 is 0 Å². The minimum Gasteiger partial charge on any atom is -0.481 e. The van der Waals surface area contributed by atoms with Crippen molar-refractivity contribution in [2.24, 2.45) is 0 Å². The van der Waals surface area contributed by atoms with E-state index < -0.39 is 12.6 Å². The number of carbonyl (C=O) groups is 2. The molecule has 0 heterocycles. The van der Waals surface area contributed by atoms with Gasteiger partial charge in [-0.15, -0.1) is 0 Å². The molecule has 22 heavy (non-hydrogen) atoms. The Morgan fingerprint density at radius 3 is 2.55 bits per heavy atom. The monoisotopic (exact) mass is 299 g/mol. The predicted molar refractivity (Wildman–Crippen MR) is 81.9 cm³/mol. The summed E-state index contributed by atoms with van der Waals surface area (Å²) in [7, 11) is 0. The Kier molecular flexibility index (Phi) is 5.14. The molecule has 0 saturated heterocycles. The molecule has 2 rings (SSSR count). The van der Waals surface area contributed by atoms with E-state index in [4.69, 9.17) is 9.84 Å². The Hall–Kier alpha value is -2.82. The van der Waals surface area contributed by atoms with Gasteiger partial charge in [0.2, 0.25) is 0 Å². The van der Waals surface area contributed by atoms with Gasteiger partial charge in [-0.3, -0.25) is 4.79 Å². The van der Waals surface area contributed by atoms with E-state index in [0.717, 1.165) is 11.1 Å². The molecule has 5 nitrogen and oxygen atoms in total. The fourth-order valence-corrected chi connectivity index (χ4v) is 1.95. The van der Waals surface area contributed by atoms with Gasteiger partial charge in [-0.25, -0.2) is 4.79 Å². The highest BCUT2D eigenvalue weighted by Gasteiger charge is 2.13. The second-order valence-electron chi connectivity index (χ2n) is 4.85. The quantitative estimate of drug-likeness (QED) is 0.858. The van der Waals surface area contributed by atoms with E-state index in [2.05, 4.69) is 5.32 Å². The molecule has 1 amide bonds. The Bertz CT molecular complexity index is 668. The maximum atomic E-state index is 12.3. The van der Waals surface area contributed by atoms with E-state index in [0.29, 0.717) is 12.1 Å². The first-order valence-corrected chi connectivity index (χ1v) is 6.83. The van der Waals surface area contributed by atoms with Crippen LogP contribution in [0.25, 0.3) is 0 Å². The van der Waals surface area contributed by atoms with Gasteiger partial charge in [-0.05, 0) is 30.2 Å². The predicted octanol–water partition coefficient (Wildman–Crippen LogP) is 2.39. The number of hydrogen-bond acceptors (Lipinski definition) is 3. The highest BCUT2D eigenvalue weighted by Crippen LogP contribution is 2.20. The van der Waals surface area contributed by atoms with Crippen molar-refractivity contribution in [1.82, 2.24) is 5.32 Å². The van der Waals surface area contributed by atoms with Gasteiger partial charge >= 0.3 is 5.97 Å². The third kappa shape index (κ3) is 4.34. The van der Waals surface area contributed by atoms with E-state index in [-0.39, 0.29) is 11.7 Å². The molecular formula is C17H17NO4. The number of carbonyl (C=O) groups excluding carboxylic acids is 1. The van der Waals surface area contributed by atoms with Crippen LogP contribution in [0.2, 0.25) is 0 Å². The van der Waals surface area contributed by atoms with E-state index in [1.54, 1.807) is 18.2 Å². The Balaban J connectivity index is 2.09. The molecule has 0 aliphatic heterocycles. The van der Waals surface area contributed by atoms with Gasteiger partial charge in [0.15, 0.2) is 6.61 Å². The Labute approximate surface area is 128 Å². The molecule has 0 unspecified atom stereocenters. The summed E-state index contributed by atoms with van der Waals surface area (Å²) in [6, 6.07) is 14.6. The summed E-state index contributed by atoms with van der Waals surface area (Å²) < 4.78 is 5.19. The van der Waals surface area contributed by atoms with Gasteiger partial charge in [0.1, 0.15) is 5.75 Å². The van der Waals surface area contributed by atoms with E-state index >= 15 is 0 Å². The number of aliphatic carboxylic acids is 1. The normalized spacial score (nSPS) is 10.0. The van der Waals surface area contributed by atoms with Crippen LogP contribution in [-0.4, -0.2) is 23.6 Å². The minimum atomic E-state index is -1.09. The first kappa shape index (κ1) is 15.6. The number of hydrogen-bond donors (Lipinski definition) is 2. The molecule has 0 aliphatic rings. The zero-order valence-electron chi connectivity index (χ0n) is 12.2. The van der Waals surface area contributed by atoms with Crippen LogP contribution in [0.15, 0.2) is 48.5 Å². The number of carboxylic acids is 1. The number of amides is 1. The van der Waals surface area contributed by atoms with Crippen LogP contribution in [0.5, 0.6) is 5.75 Å². The second-order valence-corrected chi connectivity index (χ2v) is 4.85. The molecule has 0 aliphatic carbocycles. The molecule has 114 valence electrons. The van der Waals surface area contributed by atoms with Crippen molar-refractivity contribution < 1.29 is 19.4 Å². The van der Waals surface area contributed by atoms with Crippen LogP contribution in [0.3, 0.4) is 0 Å². The molecule has 0 radical (unpaired) electrons. The summed E-state index contributed by atoms with van der Waals surface area (Å²) in [4.78, 5) is 22.9. The lowest BCUT2D eigenvalue weighted by Gasteiger charge is -2.11. The summed E-state index contributed by atoms with van der Waals surface area (Å²) in [6.07, 6.45) is 0. The molecule has 0 spiro atoms. The molecule has 2 aromatic rings. The second kappa shape index (κ2) is 7.26. The minimum absolute atomic E-state index is 0.271. The molecule has 0 fully saturated rings. The molecule has 2 aromatic carbocycles. The number of benzene rings is 2. The first-order chi connectivity index (χ1) is 10.6. The summed E-state index contributed by atoms with van der Waals surface area (Å²) in [6.45, 7) is 1.76. The van der Waals surface area contributed by atoms with Crippen LogP contribution < -0.4 is 10.1 Å². The summed E-state index contributed by atoms with van der Waals surface area (Å²) in [5, 5.41) is 11.5. The number of carboxylic acid groups (broad SMARTS) is 1. The number of ether oxygens (including phenoxy) is 1. The van der Waals surface area contributed by atoms with Crippen LogP contribution in [-0.2, 0) is 11.3 Å². The average Bonchev–Trinajstić information content (AvgIpc) is 2.51. The van der Waals surface area contributed by atoms with Crippen LogP contribution in [0.4, 0.5) is 0 Å². The van der Waals surface area contributed by atoms with E-state index in [1.165, 1.54) is 0 Å². The van der Waals surface area contributed by atoms with Crippen LogP contribution in [0.1, 0.15) is 21.5 Å². The van der Waals surface area contributed by atoms with Gasteiger partial charge in [0.05, 0.1) is 5.56 Å². The highest BCUT2D eigenvalue weighted by atomic mass is 16.5. The lowest BCUT2D eigenvalue weighted by Crippen LogP contribution is -2.24. The number of rotatable bonds is 6. The summed E-state index contributed by atoms with van der Waals surface area (Å²) >= 11 is 0. The smallest absolute Gasteiger partial charge is 0.341 e. The lowest BCUT2D eigenvalue weighted by molar-refractivity contribution is -0.139. The first-order valence-electron chi connectivity index (χ1n) is 6.83. The van der Waals surface area contributed by atoms with Gasteiger partial charge < -0.3 is 15.2 Å². The van der Waals surface area contributed by atoms with Gasteiger partial charge in [-0.1, -0.05) is 36.4 Å². The summed E-state index contributed by atoms with van der Waals surface area (Å²) in [5.74, 6) is -1.12. The molecular weight excluding hydrogens is 282 g/mol. The third-order valence-electron chi connectivity index (χ3n) is 3.03. The molecule has 5 heteroatoms. The van der Waals surface area contributed by atoms with Gasteiger partial charge in [0.25, 0.3) is 5.91 Å². The van der Waals surface area contributed by atoms with Gasteiger partial charge in [-0.2, -0.15) is 0 Å². The highest BCUT2D eigenvalue weighted by molar-refractivity contribution is 5.97. The molecule has 0 atom stereocenters. The third-order valence-corrected chi connectivity index (χ3v) is 3.03. The fraction of sp³-hybridized carbons (Fsp3) is 0.176. The molecule has 0 saturated carbocycles. The zero-order valence-corrected chi connectivity index (χ0v) is 12.2. The van der Waals surface area contributed by atoms with Crippen molar-refractivity contribution in [2.45, 2.75) is 13.5 Å². The standard InChI is InChI=1S/C17H17NO4/c1-12-7-8-14(15(9-12)22-11-16(19)20)17(21)18-10-13-5-3-2-4-6-13/h2-9H,10-11H2,1H3,(H,18,21)(H,19,20). The average molecular weight is 299 g/mol. The van der Waals surface area contributed by atoms with Crippen LogP contribution in [0, 0.1) is 6.92 Å². The van der Waals surface area contributed by atoms with E-state index in [9.17, 15) is 9.59 Å². The Morgan fingerprint density at radius 2 is 1.86 bits per heavy atom. The lowest BCUT2D eigenvalue weighted by atomic mass is 10.1. The molecule has 0 aromatic heterocycles. The zero-order chi connectivity index (χ0) is 15.9. The van der Waals surface area contributed by atoms with Crippen molar-refractivity contribution in [3.8, 4) is 5.75 Å². The molecule has 0 bridgehead atoms. The van der Waals surface area contributed by atoms with E-state index in [1.807, 2.05) is 37.3 Å². The largest absolute Gasteiger partial charge is 0.481 e. The van der Waals surface area contributed by atoms with Gasteiger partial charge in [0, 0.05) is 6.54 Å². The number of aryl methyl sites for hydroxylation is 1. The van der Waals surface area contributed by atoms with Crippen molar-refractivity contribution in [3.63, 3.8) is 0 Å². The topological polar surface area (TPSA) is 75.6 Å². The molecule has 2 N–H and O–H groups in total.